The van der Waals surface area contributed by atoms with E-state index < -0.39 is 0 Å². The van der Waals surface area contributed by atoms with E-state index in [9.17, 15) is 15.3 Å². The van der Waals surface area contributed by atoms with E-state index in [0.29, 0.717) is 30.1 Å². The van der Waals surface area contributed by atoms with Gasteiger partial charge in [0.2, 0.25) is 0 Å². The summed E-state index contributed by atoms with van der Waals surface area (Å²) in [7, 11) is 0. The minimum absolute atomic E-state index is 0.182. The molecule has 0 spiro atoms. The maximum atomic E-state index is 11.3. The number of aryl methyl sites for hydroxylation is 3. The van der Waals surface area contributed by atoms with E-state index >= 15 is 0 Å². The molecule has 0 aromatic heterocycles. The van der Waals surface area contributed by atoms with Crippen molar-refractivity contribution in [2.45, 2.75) is 86.0 Å². The lowest BCUT2D eigenvalue weighted by Gasteiger charge is -2.24. The molecule has 4 nitrogen and oxygen atoms in total. The average Bonchev–Trinajstić information content (AvgIpc) is 2.85. The number of rotatable bonds is 4. The van der Waals surface area contributed by atoms with Crippen LogP contribution in [0.2, 0.25) is 0 Å². The van der Waals surface area contributed by atoms with Crippen molar-refractivity contribution in [1.29, 1.82) is 0 Å². The molecule has 0 atom stereocenters. The van der Waals surface area contributed by atoms with Crippen LogP contribution in [-0.2, 0) is 23.7 Å². The summed E-state index contributed by atoms with van der Waals surface area (Å²) in [6.07, 6.45) is 0.869. The number of para-hydroxylation sites is 1. The van der Waals surface area contributed by atoms with Crippen LogP contribution in [0, 0.1) is 20.8 Å². The Bertz CT molecular complexity index is 1410. The Hall–Kier alpha value is -3.92. The van der Waals surface area contributed by atoms with E-state index in [1.807, 2.05) is 63.2 Å². The van der Waals surface area contributed by atoms with Crippen LogP contribution in [-0.4, -0.2) is 20.4 Å². The van der Waals surface area contributed by atoms with Gasteiger partial charge in [0, 0.05) is 12.8 Å². The monoisotopic (exact) mass is 554 g/mol. The van der Waals surface area contributed by atoms with Crippen molar-refractivity contribution in [2.75, 3.05) is 0 Å². The maximum absolute atomic E-state index is 11.3. The molecule has 41 heavy (non-hydrogen) atoms. The number of aromatic hydroxyl groups is 4. The second-order valence-electron chi connectivity index (χ2n) is 13.3. The Morgan fingerprint density at radius 2 is 0.780 bits per heavy atom. The summed E-state index contributed by atoms with van der Waals surface area (Å²) in [4.78, 5) is 0. The molecule has 0 bridgehead atoms. The molecule has 0 saturated carbocycles. The fourth-order valence-electron chi connectivity index (χ4n) is 5.16. The second-order valence-corrected chi connectivity index (χ2v) is 13.3. The van der Waals surface area contributed by atoms with Crippen molar-refractivity contribution in [3.05, 3.63) is 117 Å². The van der Waals surface area contributed by atoms with Crippen LogP contribution < -0.4 is 0 Å². The number of hydrogen-bond donors (Lipinski definition) is 4. The van der Waals surface area contributed by atoms with E-state index in [-0.39, 0.29) is 16.6 Å². The van der Waals surface area contributed by atoms with E-state index in [1.165, 1.54) is 0 Å². The van der Waals surface area contributed by atoms with Gasteiger partial charge in [-0.2, -0.15) is 0 Å². The van der Waals surface area contributed by atoms with Crippen molar-refractivity contribution in [1.82, 2.24) is 0 Å². The Morgan fingerprint density at radius 1 is 0.463 bits per heavy atom. The van der Waals surface area contributed by atoms with Gasteiger partial charge in [-0.05, 0) is 77.1 Å². The maximum Gasteiger partial charge on any atom is 0.122 e. The van der Waals surface area contributed by atoms with Crippen LogP contribution >= 0.6 is 0 Å². The highest BCUT2D eigenvalue weighted by molar-refractivity contribution is 5.55. The van der Waals surface area contributed by atoms with Gasteiger partial charge in [-0.25, -0.2) is 0 Å². The van der Waals surface area contributed by atoms with Crippen molar-refractivity contribution in [3.63, 3.8) is 0 Å². The molecule has 0 saturated heterocycles. The first-order valence-electron chi connectivity index (χ1n) is 14.2. The zero-order chi connectivity index (χ0) is 30.7. The quantitative estimate of drug-likeness (QED) is 0.203. The predicted molar refractivity (Wildman–Crippen MR) is 170 cm³/mol. The Labute approximate surface area is 246 Å². The van der Waals surface area contributed by atoms with Crippen LogP contribution in [0.5, 0.6) is 23.0 Å². The molecular formula is C37H46O4. The van der Waals surface area contributed by atoms with Gasteiger partial charge in [0.15, 0.2) is 0 Å². The number of phenolic OH excluding ortho intramolecular Hbond substituents is 4. The fourth-order valence-corrected chi connectivity index (χ4v) is 5.16. The van der Waals surface area contributed by atoms with Gasteiger partial charge in [-0.1, -0.05) is 113 Å². The van der Waals surface area contributed by atoms with Gasteiger partial charge in [-0.3, -0.25) is 0 Å². The molecule has 218 valence electrons. The minimum atomic E-state index is -0.182. The molecule has 4 aromatic carbocycles. The molecule has 4 aromatic rings. The van der Waals surface area contributed by atoms with E-state index in [4.69, 9.17) is 5.11 Å². The summed E-state index contributed by atoms with van der Waals surface area (Å²) in [5.74, 6) is 1.14. The normalized spacial score (nSPS) is 11.6. The molecule has 0 fully saturated rings. The third kappa shape index (κ3) is 8.07. The van der Waals surface area contributed by atoms with Gasteiger partial charge in [0.25, 0.3) is 0 Å². The van der Waals surface area contributed by atoms with Crippen molar-refractivity contribution >= 4 is 0 Å². The van der Waals surface area contributed by atoms with Crippen LogP contribution in [0.1, 0.15) is 91.6 Å². The van der Waals surface area contributed by atoms with Crippen LogP contribution in [0.3, 0.4) is 0 Å². The molecule has 0 heterocycles. The first kappa shape index (κ1) is 31.6. The smallest absolute Gasteiger partial charge is 0.122 e. The molecule has 0 aliphatic heterocycles. The molecule has 4 rings (SSSR count). The van der Waals surface area contributed by atoms with E-state index in [2.05, 4.69) is 41.5 Å². The molecule has 0 aliphatic rings. The molecule has 0 radical (unpaired) electrons. The third-order valence-corrected chi connectivity index (χ3v) is 7.21. The van der Waals surface area contributed by atoms with Gasteiger partial charge in [-0.15, -0.1) is 0 Å². The summed E-state index contributed by atoms with van der Waals surface area (Å²) < 4.78 is 0. The topological polar surface area (TPSA) is 80.9 Å². The summed E-state index contributed by atoms with van der Waals surface area (Å²) in [5, 5.41) is 42.0. The molecule has 0 aliphatic carbocycles. The molecule has 4 N–H and O–H groups in total. The number of benzene rings is 4. The summed E-state index contributed by atoms with van der Waals surface area (Å²) in [6, 6.07) is 20.7. The summed E-state index contributed by atoms with van der Waals surface area (Å²) in [5.41, 5.74) is 7.84. The van der Waals surface area contributed by atoms with Gasteiger partial charge >= 0.3 is 0 Å². The predicted octanol–water partition coefficient (Wildman–Crippen LogP) is 8.90. The van der Waals surface area contributed by atoms with Crippen LogP contribution in [0.25, 0.3) is 0 Å². The first-order chi connectivity index (χ1) is 19.0. The van der Waals surface area contributed by atoms with E-state index in [0.717, 1.165) is 50.1 Å². The largest absolute Gasteiger partial charge is 0.508 e. The van der Waals surface area contributed by atoms with Crippen molar-refractivity contribution in [2.24, 2.45) is 0 Å². The third-order valence-electron chi connectivity index (χ3n) is 7.21. The summed E-state index contributed by atoms with van der Waals surface area (Å²) in [6.45, 7) is 18.6. The lowest BCUT2D eigenvalue weighted by Crippen LogP contribution is -2.13. The lowest BCUT2D eigenvalue weighted by molar-refractivity contribution is 0.438. The van der Waals surface area contributed by atoms with Gasteiger partial charge in [0.05, 0.1) is 0 Å². The van der Waals surface area contributed by atoms with Gasteiger partial charge < -0.3 is 20.4 Å². The Balaban J connectivity index is 0.000000575. The second kappa shape index (κ2) is 12.3. The van der Waals surface area contributed by atoms with E-state index in [1.54, 1.807) is 24.3 Å². The molecule has 4 heteroatoms. The van der Waals surface area contributed by atoms with Gasteiger partial charge in [0.1, 0.15) is 23.0 Å². The Morgan fingerprint density at radius 3 is 1.07 bits per heavy atom. The molecule has 0 unspecified atom stereocenters. The SMILES string of the molecule is Cc1cc(Cc2cc(C)cc(C(C)(C)C)c2O)c(O)c(Cc2cc(C)cc(C(C)(C)C)c2O)c1.Oc1ccccc1. The average molecular weight is 555 g/mol. The highest BCUT2D eigenvalue weighted by Gasteiger charge is 2.23. The van der Waals surface area contributed by atoms with Crippen LogP contribution in [0.15, 0.2) is 66.7 Å². The highest BCUT2D eigenvalue weighted by Crippen LogP contribution is 2.39. The van der Waals surface area contributed by atoms with Crippen LogP contribution in [0.4, 0.5) is 0 Å². The molecular weight excluding hydrogens is 508 g/mol. The number of phenols is 4. The zero-order valence-electron chi connectivity index (χ0n) is 26.1. The van der Waals surface area contributed by atoms with Crippen molar-refractivity contribution < 1.29 is 20.4 Å². The zero-order valence-corrected chi connectivity index (χ0v) is 26.1. The molecule has 0 amide bonds. The highest BCUT2D eigenvalue weighted by atomic mass is 16.3. The lowest BCUT2D eigenvalue weighted by atomic mass is 9.82. The summed E-state index contributed by atoms with van der Waals surface area (Å²) >= 11 is 0. The number of hydrogen-bond acceptors (Lipinski definition) is 4. The first-order valence-corrected chi connectivity index (χ1v) is 14.2. The Kier molecular flexibility index (Phi) is 9.48. The fraction of sp³-hybridized carbons (Fsp3) is 0.351. The standard InChI is InChI=1S/C31H40O3.C6H6O/c1-18-10-21(16-23-12-19(2)14-25(28(23)33)30(4,5)6)27(32)22(11-18)17-24-13-20(3)15-26(29(24)34)31(7,8)9;7-6-4-2-1-3-5-6/h10-15,32-34H,16-17H2,1-9H3;1-5,7H. The minimum Gasteiger partial charge on any atom is -0.508 e. The van der Waals surface area contributed by atoms with Crippen molar-refractivity contribution in [3.8, 4) is 23.0 Å².